The maximum Gasteiger partial charge on any atom is 0.289 e. The Labute approximate surface area is 131 Å². The van der Waals surface area contributed by atoms with Crippen LogP contribution in [-0.2, 0) is 6.54 Å². The van der Waals surface area contributed by atoms with Crippen molar-refractivity contribution in [1.82, 2.24) is 4.90 Å². The van der Waals surface area contributed by atoms with Crippen LogP contribution in [0.3, 0.4) is 0 Å². The van der Waals surface area contributed by atoms with Gasteiger partial charge in [-0.1, -0.05) is 0 Å². The third-order valence-corrected chi connectivity index (χ3v) is 3.46. The van der Waals surface area contributed by atoms with Gasteiger partial charge >= 0.3 is 0 Å². The molecule has 112 valence electrons. The second-order valence-corrected chi connectivity index (χ2v) is 5.22. The highest BCUT2D eigenvalue weighted by Crippen LogP contribution is 2.26. The Morgan fingerprint density at radius 2 is 2.00 bits per heavy atom. The van der Waals surface area contributed by atoms with Gasteiger partial charge in [0.05, 0.1) is 14.2 Å². The number of amides is 1. The van der Waals surface area contributed by atoms with E-state index in [1.807, 2.05) is 12.1 Å². The van der Waals surface area contributed by atoms with E-state index in [0.717, 1.165) is 5.56 Å². The molecule has 0 N–H and O–H groups in total. The number of furan rings is 1. The summed E-state index contributed by atoms with van der Waals surface area (Å²) >= 11 is 3.18. The molecular formula is C15H16BrNO4. The van der Waals surface area contributed by atoms with Crippen LogP contribution in [0.2, 0.25) is 0 Å². The van der Waals surface area contributed by atoms with Gasteiger partial charge in [-0.2, -0.15) is 0 Å². The summed E-state index contributed by atoms with van der Waals surface area (Å²) in [5.41, 5.74) is 0.889. The predicted molar refractivity (Wildman–Crippen MR) is 81.8 cm³/mol. The van der Waals surface area contributed by atoms with Crippen molar-refractivity contribution in [2.75, 3.05) is 21.3 Å². The first-order valence-electron chi connectivity index (χ1n) is 6.27. The molecule has 1 aromatic heterocycles. The smallest absolute Gasteiger partial charge is 0.289 e. The van der Waals surface area contributed by atoms with E-state index in [2.05, 4.69) is 15.9 Å². The summed E-state index contributed by atoms with van der Waals surface area (Å²) < 4.78 is 16.3. The maximum atomic E-state index is 12.2. The van der Waals surface area contributed by atoms with E-state index in [9.17, 15) is 4.79 Å². The number of carbonyl (C=O) groups excluding carboxylic acids is 1. The van der Waals surface area contributed by atoms with E-state index in [-0.39, 0.29) is 11.7 Å². The first-order valence-corrected chi connectivity index (χ1v) is 7.06. The van der Waals surface area contributed by atoms with Crippen LogP contribution in [0.5, 0.6) is 11.5 Å². The van der Waals surface area contributed by atoms with Crippen LogP contribution in [0.15, 0.2) is 39.4 Å². The first kappa shape index (κ1) is 15.4. The monoisotopic (exact) mass is 353 g/mol. The highest BCUT2D eigenvalue weighted by atomic mass is 79.9. The molecule has 6 heteroatoms. The predicted octanol–water partition coefficient (Wildman–Crippen LogP) is 3.33. The normalized spacial score (nSPS) is 10.3. The minimum absolute atomic E-state index is 0.196. The van der Waals surface area contributed by atoms with E-state index in [1.165, 1.54) is 0 Å². The lowest BCUT2D eigenvalue weighted by molar-refractivity contribution is 0.0751. The van der Waals surface area contributed by atoms with Crippen LogP contribution in [0.25, 0.3) is 0 Å². The number of nitrogens with zero attached hydrogens (tertiary/aromatic N) is 1. The molecule has 2 rings (SSSR count). The van der Waals surface area contributed by atoms with Gasteiger partial charge in [-0.3, -0.25) is 4.79 Å². The summed E-state index contributed by atoms with van der Waals surface area (Å²) in [6.07, 6.45) is 0. The second kappa shape index (κ2) is 6.67. The molecule has 2 aromatic rings. The Balaban J connectivity index is 2.15. The van der Waals surface area contributed by atoms with Gasteiger partial charge in [0.15, 0.2) is 10.4 Å². The standard InChI is InChI=1S/C15H16BrNO4/c1-17(15(18)12-6-7-14(16)21-12)9-10-4-5-11(19-2)8-13(10)20-3/h4-8H,9H2,1-3H3. The summed E-state index contributed by atoms with van der Waals surface area (Å²) in [5, 5.41) is 0. The molecule has 21 heavy (non-hydrogen) atoms. The van der Waals surface area contributed by atoms with Crippen LogP contribution in [0.4, 0.5) is 0 Å². The zero-order chi connectivity index (χ0) is 15.4. The van der Waals surface area contributed by atoms with Crippen molar-refractivity contribution in [1.29, 1.82) is 0 Å². The summed E-state index contributed by atoms with van der Waals surface area (Å²) in [5.74, 6) is 1.48. The van der Waals surface area contributed by atoms with Crippen LogP contribution in [0.1, 0.15) is 16.1 Å². The minimum atomic E-state index is -0.196. The molecule has 0 aliphatic heterocycles. The molecule has 0 radical (unpaired) electrons. The molecule has 5 nitrogen and oxygen atoms in total. The molecule has 0 atom stereocenters. The molecule has 0 aliphatic carbocycles. The zero-order valence-corrected chi connectivity index (χ0v) is 13.6. The molecule has 0 unspecified atom stereocenters. The highest BCUT2D eigenvalue weighted by Gasteiger charge is 2.17. The number of carbonyl (C=O) groups is 1. The minimum Gasteiger partial charge on any atom is -0.497 e. The van der Waals surface area contributed by atoms with Crippen LogP contribution < -0.4 is 9.47 Å². The molecule has 0 fully saturated rings. The average Bonchev–Trinajstić information content (AvgIpc) is 2.93. The summed E-state index contributed by atoms with van der Waals surface area (Å²) in [7, 11) is 4.89. The van der Waals surface area contributed by atoms with Crippen molar-refractivity contribution in [2.45, 2.75) is 6.54 Å². The average molecular weight is 354 g/mol. The van der Waals surface area contributed by atoms with E-state index in [4.69, 9.17) is 13.9 Å². The quantitative estimate of drug-likeness (QED) is 0.827. The number of methoxy groups -OCH3 is 2. The number of ether oxygens (including phenoxy) is 2. The largest absolute Gasteiger partial charge is 0.497 e. The molecule has 0 saturated carbocycles. The van der Waals surface area contributed by atoms with Crippen molar-refractivity contribution in [3.63, 3.8) is 0 Å². The fourth-order valence-corrected chi connectivity index (χ4v) is 2.23. The van der Waals surface area contributed by atoms with Gasteiger partial charge in [0, 0.05) is 25.2 Å². The second-order valence-electron chi connectivity index (χ2n) is 4.44. The Hall–Kier alpha value is -1.95. The third-order valence-electron chi connectivity index (χ3n) is 3.03. The van der Waals surface area contributed by atoms with Gasteiger partial charge in [0.2, 0.25) is 0 Å². The van der Waals surface area contributed by atoms with E-state index < -0.39 is 0 Å². The summed E-state index contributed by atoms with van der Waals surface area (Å²) in [6, 6.07) is 8.82. The number of halogens is 1. The fraction of sp³-hybridized carbons (Fsp3) is 0.267. The number of benzene rings is 1. The van der Waals surface area contributed by atoms with Crippen LogP contribution in [0, 0.1) is 0 Å². The van der Waals surface area contributed by atoms with Gasteiger partial charge in [0.25, 0.3) is 5.91 Å². The van der Waals surface area contributed by atoms with Crippen LogP contribution in [-0.4, -0.2) is 32.1 Å². The SMILES string of the molecule is COc1ccc(CN(C)C(=O)c2ccc(Br)o2)c(OC)c1. The van der Waals surface area contributed by atoms with Gasteiger partial charge in [0.1, 0.15) is 11.5 Å². The molecule has 0 bridgehead atoms. The topological polar surface area (TPSA) is 51.9 Å². The van der Waals surface area contributed by atoms with Crippen molar-refractivity contribution >= 4 is 21.8 Å². The van der Waals surface area contributed by atoms with Crippen molar-refractivity contribution in [3.8, 4) is 11.5 Å². The van der Waals surface area contributed by atoms with Gasteiger partial charge in [-0.05, 0) is 40.2 Å². The van der Waals surface area contributed by atoms with Gasteiger partial charge in [-0.25, -0.2) is 0 Å². The maximum absolute atomic E-state index is 12.2. The van der Waals surface area contributed by atoms with E-state index >= 15 is 0 Å². The Morgan fingerprint density at radius 3 is 2.57 bits per heavy atom. The molecular weight excluding hydrogens is 338 g/mol. The lowest BCUT2D eigenvalue weighted by Crippen LogP contribution is -2.26. The van der Waals surface area contributed by atoms with Crippen LogP contribution >= 0.6 is 15.9 Å². The van der Waals surface area contributed by atoms with Gasteiger partial charge < -0.3 is 18.8 Å². The summed E-state index contributed by atoms with van der Waals surface area (Å²) in [4.78, 5) is 13.8. The molecule has 1 aromatic carbocycles. The first-order chi connectivity index (χ1) is 10.0. The third kappa shape index (κ3) is 3.58. The lowest BCUT2D eigenvalue weighted by atomic mass is 10.1. The molecule has 1 heterocycles. The summed E-state index contributed by atoms with van der Waals surface area (Å²) in [6.45, 7) is 0.407. The number of hydrogen-bond donors (Lipinski definition) is 0. The van der Waals surface area contributed by atoms with Crippen molar-refractivity contribution in [2.24, 2.45) is 0 Å². The fourth-order valence-electron chi connectivity index (χ4n) is 1.93. The van der Waals surface area contributed by atoms with Crippen molar-refractivity contribution < 1.29 is 18.7 Å². The lowest BCUT2D eigenvalue weighted by Gasteiger charge is -2.18. The van der Waals surface area contributed by atoms with E-state index in [1.54, 1.807) is 44.4 Å². The van der Waals surface area contributed by atoms with Gasteiger partial charge in [-0.15, -0.1) is 0 Å². The molecule has 0 spiro atoms. The molecule has 1 amide bonds. The highest BCUT2D eigenvalue weighted by molar-refractivity contribution is 9.10. The number of hydrogen-bond acceptors (Lipinski definition) is 4. The Bertz CT molecular complexity index is 638. The zero-order valence-electron chi connectivity index (χ0n) is 12.1. The molecule has 0 saturated heterocycles. The van der Waals surface area contributed by atoms with Crippen molar-refractivity contribution in [3.05, 3.63) is 46.3 Å². The Morgan fingerprint density at radius 1 is 1.24 bits per heavy atom. The number of rotatable bonds is 5. The molecule has 0 aliphatic rings. The van der Waals surface area contributed by atoms with E-state index in [0.29, 0.717) is 22.7 Å². The Kier molecular flexibility index (Phi) is 4.90.